The van der Waals surface area contributed by atoms with E-state index < -0.39 is 44.1 Å². The largest absolute Gasteiger partial charge is 0.748 e. The zero-order valence-corrected chi connectivity index (χ0v) is 12.1. The third kappa shape index (κ3) is 4.72. The van der Waals surface area contributed by atoms with Crippen LogP contribution in [0.4, 0.5) is 0 Å². The van der Waals surface area contributed by atoms with E-state index in [1.165, 1.54) is 6.07 Å². The molecule has 0 spiro atoms. The fourth-order valence-electron chi connectivity index (χ4n) is 1.60. The van der Waals surface area contributed by atoms with Gasteiger partial charge in [-0.15, -0.1) is 0 Å². The highest BCUT2D eigenvalue weighted by Crippen LogP contribution is 2.27. The van der Waals surface area contributed by atoms with E-state index in [1.54, 1.807) is 0 Å². The van der Waals surface area contributed by atoms with Gasteiger partial charge in [0, 0.05) is 11.1 Å². The lowest BCUT2D eigenvalue weighted by atomic mass is 10.1. The second-order valence-corrected chi connectivity index (χ2v) is 7.13. The molecule has 1 aromatic carbocycles. The molecule has 10 heteroatoms. The number of aliphatic hydroxyl groups is 1. The van der Waals surface area contributed by atoms with Gasteiger partial charge in [-0.2, -0.15) is 8.42 Å². The maximum atomic E-state index is 11.3. The first-order valence-electron chi connectivity index (χ1n) is 5.24. The van der Waals surface area contributed by atoms with Gasteiger partial charge in [0.25, 0.3) is 10.1 Å². The Morgan fingerprint density at radius 3 is 2.15 bits per heavy atom. The van der Waals surface area contributed by atoms with Crippen LogP contribution in [-0.4, -0.2) is 38.7 Å². The highest BCUT2D eigenvalue weighted by molar-refractivity contribution is 7.86. The first kappa shape index (κ1) is 16.9. The molecular formula is C10H13O8S2-. The number of rotatable bonds is 6. The highest BCUT2D eigenvalue weighted by atomic mass is 32.2. The number of benzene rings is 1. The average Bonchev–Trinajstić information content (AvgIpc) is 2.31. The maximum absolute atomic E-state index is 11.3. The number of hydrogen-bond acceptors (Lipinski definition) is 8. The second-order valence-electron chi connectivity index (χ2n) is 3.99. The Kier molecular flexibility index (Phi) is 5.10. The van der Waals surface area contributed by atoms with Crippen LogP contribution in [0, 0.1) is 0 Å². The fraction of sp³-hybridized carbons (Fsp3) is 0.400. The van der Waals surface area contributed by atoms with Gasteiger partial charge in [0.2, 0.25) is 0 Å². The van der Waals surface area contributed by atoms with Gasteiger partial charge in [-0.1, -0.05) is 0 Å². The molecule has 2 N–H and O–H groups in total. The zero-order valence-electron chi connectivity index (χ0n) is 10.4. The third-order valence-corrected chi connectivity index (χ3v) is 4.29. The lowest BCUT2D eigenvalue weighted by Crippen LogP contribution is -2.08. The molecule has 0 bridgehead atoms. The van der Waals surface area contributed by atoms with E-state index >= 15 is 0 Å². The molecule has 1 rings (SSSR count). The van der Waals surface area contributed by atoms with Crippen molar-refractivity contribution < 1.29 is 35.8 Å². The van der Waals surface area contributed by atoms with E-state index in [4.69, 9.17) is 5.11 Å². The Balaban J connectivity index is 3.32. The van der Waals surface area contributed by atoms with E-state index in [9.17, 15) is 26.5 Å². The first-order chi connectivity index (χ1) is 9.08. The van der Waals surface area contributed by atoms with Crippen molar-refractivity contribution in [2.24, 2.45) is 0 Å². The lowest BCUT2D eigenvalue weighted by molar-refractivity contribution is 0.275. The molecule has 0 saturated carbocycles. The van der Waals surface area contributed by atoms with Crippen molar-refractivity contribution in [1.82, 2.24) is 0 Å². The average molecular weight is 325 g/mol. The summed E-state index contributed by atoms with van der Waals surface area (Å²) in [5, 5.41) is 18.7. The molecule has 0 saturated heterocycles. The van der Waals surface area contributed by atoms with Gasteiger partial charge in [0.1, 0.15) is 11.5 Å². The molecule has 0 heterocycles. The van der Waals surface area contributed by atoms with Crippen molar-refractivity contribution in [2.45, 2.75) is 18.1 Å². The lowest BCUT2D eigenvalue weighted by Gasteiger charge is -2.13. The van der Waals surface area contributed by atoms with Crippen LogP contribution in [0.1, 0.15) is 16.7 Å². The van der Waals surface area contributed by atoms with Crippen molar-refractivity contribution in [1.29, 1.82) is 0 Å². The molecule has 0 radical (unpaired) electrons. The van der Waals surface area contributed by atoms with E-state index in [1.807, 2.05) is 0 Å². The number of phenols is 1. The van der Waals surface area contributed by atoms with Gasteiger partial charge < -0.3 is 14.8 Å². The molecule has 0 unspecified atom stereocenters. The standard InChI is InChI=1S/C10H14O8S2/c1-18-20(16,17)5-7-2-8(4-11)10(12)9(3-7)6-19(13,14)15/h2-3,11-12H,4-6H2,1H3,(H,13,14,15)/p-1. The smallest absolute Gasteiger partial charge is 0.271 e. The minimum Gasteiger partial charge on any atom is -0.748 e. The van der Waals surface area contributed by atoms with Gasteiger partial charge in [0.15, 0.2) is 0 Å². The van der Waals surface area contributed by atoms with E-state index in [-0.39, 0.29) is 16.7 Å². The minimum atomic E-state index is -4.66. The van der Waals surface area contributed by atoms with E-state index in [0.717, 1.165) is 13.2 Å². The summed E-state index contributed by atoms with van der Waals surface area (Å²) in [5.41, 5.74) is -0.257. The van der Waals surface area contributed by atoms with Gasteiger partial charge in [-0.05, 0) is 17.7 Å². The second kappa shape index (κ2) is 6.06. The van der Waals surface area contributed by atoms with Crippen molar-refractivity contribution in [2.75, 3.05) is 7.11 Å². The van der Waals surface area contributed by atoms with Gasteiger partial charge in [0.05, 0.1) is 29.6 Å². The summed E-state index contributed by atoms with van der Waals surface area (Å²) in [6.07, 6.45) is 0. The molecule has 0 aliphatic heterocycles. The minimum absolute atomic E-state index is 0.0764. The van der Waals surface area contributed by atoms with Crippen LogP contribution >= 0.6 is 0 Å². The topological polar surface area (TPSA) is 141 Å². The number of aliphatic hydroxyl groups excluding tert-OH is 1. The van der Waals surface area contributed by atoms with Crippen LogP contribution in [0.25, 0.3) is 0 Å². The van der Waals surface area contributed by atoms with Gasteiger partial charge in [-0.25, -0.2) is 8.42 Å². The van der Waals surface area contributed by atoms with E-state index in [2.05, 4.69) is 4.18 Å². The van der Waals surface area contributed by atoms with Gasteiger partial charge >= 0.3 is 0 Å². The molecule has 8 nitrogen and oxygen atoms in total. The van der Waals surface area contributed by atoms with Crippen LogP contribution in [0.2, 0.25) is 0 Å². The zero-order chi connectivity index (χ0) is 15.6. The van der Waals surface area contributed by atoms with Gasteiger partial charge in [-0.3, -0.25) is 4.18 Å². The predicted octanol–water partition coefficient (Wildman–Crippen LogP) is -0.594. The summed E-state index contributed by atoms with van der Waals surface area (Å²) in [6.45, 7) is -0.640. The van der Waals surface area contributed by atoms with E-state index in [0.29, 0.717) is 0 Å². The van der Waals surface area contributed by atoms with Crippen LogP contribution in [-0.2, 0) is 42.5 Å². The molecule has 0 fully saturated rings. The van der Waals surface area contributed by atoms with Crippen LogP contribution < -0.4 is 0 Å². The third-order valence-electron chi connectivity index (χ3n) is 2.43. The predicted molar refractivity (Wildman–Crippen MR) is 67.1 cm³/mol. The van der Waals surface area contributed by atoms with Crippen LogP contribution in [0.3, 0.4) is 0 Å². The summed E-state index contributed by atoms with van der Waals surface area (Å²) in [4.78, 5) is 0. The van der Waals surface area contributed by atoms with Crippen LogP contribution in [0.15, 0.2) is 12.1 Å². The summed E-state index contributed by atoms with van der Waals surface area (Å²) in [6, 6.07) is 2.26. The van der Waals surface area contributed by atoms with Crippen molar-refractivity contribution in [3.05, 3.63) is 28.8 Å². The summed E-state index contributed by atoms with van der Waals surface area (Å²) in [7, 11) is -7.56. The monoisotopic (exact) mass is 325 g/mol. The molecule has 0 aromatic heterocycles. The summed E-state index contributed by atoms with van der Waals surface area (Å²) < 4.78 is 59.1. The first-order valence-corrected chi connectivity index (χ1v) is 8.40. The molecule has 0 aliphatic carbocycles. The van der Waals surface area contributed by atoms with Crippen LogP contribution in [0.5, 0.6) is 5.75 Å². The molecule has 20 heavy (non-hydrogen) atoms. The Labute approximate surface area is 116 Å². The summed E-state index contributed by atoms with van der Waals surface area (Å²) in [5.74, 6) is -2.14. The Hall–Kier alpha value is -1.20. The molecule has 0 atom stereocenters. The molecule has 0 amide bonds. The molecular weight excluding hydrogens is 312 g/mol. The number of hydrogen-bond donors (Lipinski definition) is 2. The van der Waals surface area contributed by atoms with Crippen molar-refractivity contribution in [3.63, 3.8) is 0 Å². The summed E-state index contributed by atoms with van der Waals surface area (Å²) >= 11 is 0. The quantitative estimate of drug-likeness (QED) is 0.522. The molecule has 1 aromatic rings. The Bertz CT molecular complexity index is 690. The van der Waals surface area contributed by atoms with Crippen molar-refractivity contribution in [3.8, 4) is 5.75 Å². The normalized spacial score (nSPS) is 12.6. The van der Waals surface area contributed by atoms with Crippen molar-refractivity contribution >= 4 is 20.2 Å². The SMILES string of the molecule is COS(=O)(=O)Cc1cc(CO)c(O)c(CS(=O)(=O)[O-])c1. The Morgan fingerprint density at radius 2 is 1.70 bits per heavy atom. The highest BCUT2D eigenvalue weighted by Gasteiger charge is 2.16. The maximum Gasteiger partial charge on any atom is 0.271 e. The molecule has 114 valence electrons. The Morgan fingerprint density at radius 1 is 1.15 bits per heavy atom. The number of aromatic hydroxyl groups is 1. The fourth-order valence-corrected chi connectivity index (χ4v) is 2.89. The molecule has 0 aliphatic rings.